The Kier molecular flexibility index (Phi) is 13.2. The van der Waals surface area contributed by atoms with Crippen LogP contribution in [0.3, 0.4) is 0 Å². The van der Waals surface area contributed by atoms with Gasteiger partial charge in [-0.3, -0.25) is 4.79 Å². The Labute approximate surface area is 121 Å². The molecule has 0 aliphatic heterocycles. The van der Waals surface area contributed by atoms with Gasteiger partial charge >= 0.3 is 5.97 Å². The van der Waals surface area contributed by atoms with Crippen LogP contribution < -0.4 is 5.32 Å². The molecule has 0 spiro atoms. The summed E-state index contributed by atoms with van der Waals surface area (Å²) in [6, 6.07) is 0. The monoisotopic (exact) mass is 341 g/mol. The molecule has 0 aromatic carbocycles. The second-order valence-corrected chi connectivity index (χ2v) is 3.90. The Morgan fingerprint density at radius 3 is 2.16 bits per heavy atom. The van der Waals surface area contributed by atoms with Crippen molar-refractivity contribution in [1.29, 1.82) is 0 Å². The van der Waals surface area contributed by atoms with Crippen molar-refractivity contribution in [2.24, 2.45) is 0 Å². The van der Waals surface area contributed by atoms with E-state index in [2.05, 4.69) is 26.0 Å². The van der Waals surface area contributed by atoms with Crippen molar-refractivity contribution in [3.05, 3.63) is 0 Å². The molecular formula is C11H20BrNO6. The van der Waals surface area contributed by atoms with Crippen LogP contribution in [0.1, 0.15) is 0 Å². The molecule has 0 aromatic heterocycles. The molecule has 0 bridgehead atoms. The average Bonchev–Trinajstić information content (AvgIpc) is 2.43. The van der Waals surface area contributed by atoms with E-state index < -0.39 is 5.97 Å². The van der Waals surface area contributed by atoms with Crippen molar-refractivity contribution in [3.8, 4) is 0 Å². The molecular weight excluding hydrogens is 322 g/mol. The van der Waals surface area contributed by atoms with Gasteiger partial charge in [0.2, 0.25) is 5.91 Å². The molecule has 19 heavy (non-hydrogen) atoms. The summed E-state index contributed by atoms with van der Waals surface area (Å²) >= 11 is 3.04. The molecule has 0 aromatic rings. The van der Waals surface area contributed by atoms with Crippen molar-refractivity contribution >= 4 is 27.8 Å². The van der Waals surface area contributed by atoms with Crippen LogP contribution in [0.15, 0.2) is 0 Å². The summed E-state index contributed by atoms with van der Waals surface area (Å²) < 4.78 is 19.8. The summed E-state index contributed by atoms with van der Waals surface area (Å²) in [5.41, 5.74) is 0. The highest BCUT2D eigenvalue weighted by atomic mass is 79.9. The maximum atomic E-state index is 10.8. The Balaban J connectivity index is 3.07. The normalized spacial score (nSPS) is 10.2. The smallest absolute Gasteiger partial charge is 0.331 e. The van der Waals surface area contributed by atoms with Crippen molar-refractivity contribution in [1.82, 2.24) is 5.32 Å². The van der Waals surface area contributed by atoms with Gasteiger partial charge in [-0.25, -0.2) is 4.79 Å². The largest absolute Gasteiger partial charge is 0.467 e. The van der Waals surface area contributed by atoms with Gasteiger partial charge in [0.1, 0.15) is 6.61 Å². The van der Waals surface area contributed by atoms with E-state index >= 15 is 0 Å². The quantitative estimate of drug-likeness (QED) is 0.298. The molecule has 0 aliphatic rings. The van der Waals surface area contributed by atoms with Crippen LogP contribution in [-0.4, -0.2) is 70.5 Å². The van der Waals surface area contributed by atoms with Crippen LogP contribution in [0.5, 0.6) is 0 Å². The maximum Gasteiger partial charge on any atom is 0.331 e. The van der Waals surface area contributed by atoms with Gasteiger partial charge in [0, 0.05) is 6.54 Å². The summed E-state index contributed by atoms with van der Waals surface area (Å²) in [5.74, 6) is -0.475. The number of hydrogen-bond donors (Lipinski definition) is 1. The molecule has 0 heterocycles. The van der Waals surface area contributed by atoms with Gasteiger partial charge in [-0.15, -0.1) is 0 Å². The lowest BCUT2D eigenvalue weighted by Crippen LogP contribution is -2.28. The Bertz CT molecular complexity index is 227. The fourth-order valence-electron chi connectivity index (χ4n) is 0.964. The lowest BCUT2D eigenvalue weighted by Gasteiger charge is -2.06. The molecule has 0 radical (unpaired) electrons. The predicted molar refractivity (Wildman–Crippen MR) is 71.3 cm³/mol. The highest BCUT2D eigenvalue weighted by Crippen LogP contribution is 1.83. The number of methoxy groups -OCH3 is 1. The first-order valence-electron chi connectivity index (χ1n) is 5.83. The third-order valence-electron chi connectivity index (χ3n) is 1.88. The number of hydrogen-bond acceptors (Lipinski definition) is 6. The van der Waals surface area contributed by atoms with E-state index in [1.165, 1.54) is 7.11 Å². The van der Waals surface area contributed by atoms with Crippen molar-refractivity contribution in [3.63, 3.8) is 0 Å². The summed E-state index contributed by atoms with van der Waals surface area (Å²) in [6.45, 7) is 2.46. The number of halogens is 1. The molecule has 1 N–H and O–H groups in total. The lowest BCUT2D eigenvalue weighted by atomic mass is 10.6. The Hall–Kier alpha value is -0.700. The number of alkyl halides is 1. The summed E-state index contributed by atoms with van der Waals surface area (Å²) in [4.78, 5) is 21.5. The number of nitrogens with one attached hydrogen (secondary N) is 1. The molecule has 0 fully saturated rings. The molecule has 112 valence electrons. The number of amides is 1. The van der Waals surface area contributed by atoms with E-state index in [1.54, 1.807) is 0 Å². The van der Waals surface area contributed by atoms with Gasteiger partial charge in [0.15, 0.2) is 0 Å². The number of ether oxygens (including phenoxy) is 4. The number of carbonyl (C=O) groups excluding carboxylic acids is 2. The zero-order chi connectivity index (χ0) is 14.3. The molecule has 0 atom stereocenters. The molecule has 0 saturated carbocycles. The minimum absolute atomic E-state index is 0.0658. The van der Waals surface area contributed by atoms with E-state index in [-0.39, 0.29) is 12.5 Å². The molecule has 0 saturated heterocycles. The van der Waals surface area contributed by atoms with Crippen LogP contribution in [-0.2, 0) is 28.5 Å². The topological polar surface area (TPSA) is 83.1 Å². The first-order valence-corrected chi connectivity index (χ1v) is 6.95. The second kappa shape index (κ2) is 13.7. The molecule has 0 aliphatic carbocycles. The first-order chi connectivity index (χ1) is 9.20. The van der Waals surface area contributed by atoms with Gasteiger partial charge in [-0.05, 0) is 0 Å². The van der Waals surface area contributed by atoms with Crippen LogP contribution in [0.25, 0.3) is 0 Å². The van der Waals surface area contributed by atoms with Crippen molar-refractivity contribution in [2.45, 2.75) is 0 Å². The lowest BCUT2D eigenvalue weighted by molar-refractivity contribution is -0.146. The fraction of sp³-hybridized carbons (Fsp3) is 0.818. The fourth-order valence-corrected chi connectivity index (χ4v) is 1.16. The van der Waals surface area contributed by atoms with E-state index in [0.29, 0.717) is 44.9 Å². The first kappa shape index (κ1) is 18.3. The highest BCUT2D eigenvalue weighted by Gasteiger charge is 1.99. The van der Waals surface area contributed by atoms with Gasteiger partial charge in [-0.1, -0.05) is 15.9 Å². The average molecular weight is 342 g/mol. The number of rotatable bonds is 12. The molecule has 8 heteroatoms. The zero-order valence-electron chi connectivity index (χ0n) is 11.0. The van der Waals surface area contributed by atoms with Crippen molar-refractivity contribution in [2.75, 3.05) is 58.6 Å². The van der Waals surface area contributed by atoms with Gasteiger partial charge < -0.3 is 24.3 Å². The molecule has 7 nitrogen and oxygen atoms in total. The third-order valence-corrected chi connectivity index (χ3v) is 2.39. The summed E-state index contributed by atoms with van der Waals surface area (Å²) in [6.07, 6.45) is 0. The Morgan fingerprint density at radius 1 is 1.00 bits per heavy atom. The van der Waals surface area contributed by atoms with Crippen LogP contribution in [0.4, 0.5) is 0 Å². The molecule has 0 unspecified atom stereocenters. The SMILES string of the molecule is COC(=O)COCCOCCOCCNC(=O)CBr. The van der Waals surface area contributed by atoms with Gasteiger partial charge in [-0.2, -0.15) is 0 Å². The molecule has 1 amide bonds. The summed E-state index contributed by atoms with van der Waals surface area (Å²) in [5, 5.41) is 2.95. The molecule has 0 rings (SSSR count). The minimum atomic E-state index is -0.408. The Morgan fingerprint density at radius 2 is 1.58 bits per heavy atom. The van der Waals surface area contributed by atoms with Crippen LogP contribution >= 0.6 is 15.9 Å². The van der Waals surface area contributed by atoms with E-state index in [0.717, 1.165) is 0 Å². The van der Waals surface area contributed by atoms with Gasteiger partial charge in [0.05, 0.1) is 45.5 Å². The minimum Gasteiger partial charge on any atom is -0.467 e. The van der Waals surface area contributed by atoms with Crippen molar-refractivity contribution < 1.29 is 28.5 Å². The number of esters is 1. The van der Waals surface area contributed by atoms with Crippen LogP contribution in [0, 0.1) is 0 Å². The number of carbonyl (C=O) groups is 2. The van der Waals surface area contributed by atoms with Gasteiger partial charge in [0.25, 0.3) is 0 Å². The second-order valence-electron chi connectivity index (χ2n) is 3.34. The predicted octanol–water partition coefficient (Wildman–Crippen LogP) is -0.280. The maximum absolute atomic E-state index is 10.8. The standard InChI is InChI=1S/C11H20BrNO6/c1-16-11(15)9-19-7-6-18-5-4-17-3-2-13-10(14)8-12/h2-9H2,1H3,(H,13,14). The van der Waals surface area contributed by atoms with E-state index in [9.17, 15) is 9.59 Å². The van der Waals surface area contributed by atoms with E-state index in [1.807, 2.05) is 0 Å². The van der Waals surface area contributed by atoms with Crippen LogP contribution in [0.2, 0.25) is 0 Å². The third kappa shape index (κ3) is 13.5. The summed E-state index contributed by atoms with van der Waals surface area (Å²) in [7, 11) is 1.31. The highest BCUT2D eigenvalue weighted by molar-refractivity contribution is 9.09. The van der Waals surface area contributed by atoms with E-state index in [4.69, 9.17) is 14.2 Å². The zero-order valence-corrected chi connectivity index (χ0v) is 12.6.